The number of carbonyl (C=O) groups is 1. The maximum absolute atomic E-state index is 11.5. The van der Waals surface area contributed by atoms with E-state index < -0.39 is 11.5 Å². The zero-order valence-electron chi connectivity index (χ0n) is 8.08. The van der Waals surface area contributed by atoms with Crippen molar-refractivity contribution in [3.8, 4) is 0 Å². The van der Waals surface area contributed by atoms with Gasteiger partial charge in [0.1, 0.15) is 0 Å². The Bertz CT molecular complexity index is 192. The van der Waals surface area contributed by atoms with Crippen LogP contribution in [0.25, 0.3) is 0 Å². The van der Waals surface area contributed by atoms with Gasteiger partial charge in [0.15, 0.2) is 0 Å². The highest BCUT2D eigenvalue weighted by atomic mass is 16.5. The monoisotopic (exact) mass is 188 g/mol. The summed E-state index contributed by atoms with van der Waals surface area (Å²) in [6.07, 6.45) is 0.389. The molecule has 1 aliphatic heterocycles. The molecule has 2 unspecified atom stereocenters. The Morgan fingerprint density at radius 1 is 1.77 bits per heavy atom. The van der Waals surface area contributed by atoms with E-state index in [0.29, 0.717) is 19.4 Å². The Labute approximate surface area is 77.8 Å². The van der Waals surface area contributed by atoms with Crippen LogP contribution in [0.4, 0.5) is 0 Å². The molecule has 2 atom stereocenters. The SMILES string of the molecule is CCC1(C(=O)OC)CCOCC1O. The molecule has 0 saturated carbocycles. The molecule has 4 heteroatoms. The fourth-order valence-electron chi connectivity index (χ4n) is 1.77. The zero-order valence-corrected chi connectivity index (χ0v) is 8.08. The first-order valence-corrected chi connectivity index (χ1v) is 4.51. The van der Waals surface area contributed by atoms with Crippen LogP contribution in [0.1, 0.15) is 19.8 Å². The minimum Gasteiger partial charge on any atom is -0.469 e. The number of methoxy groups -OCH3 is 1. The number of aliphatic hydroxyl groups excluding tert-OH is 1. The van der Waals surface area contributed by atoms with Crippen molar-refractivity contribution in [1.82, 2.24) is 0 Å². The first-order valence-electron chi connectivity index (χ1n) is 4.51. The standard InChI is InChI=1S/C9H16O4/c1-3-9(8(11)12-2)4-5-13-6-7(9)10/h7,10H,3-6H2,1-2H3. The average Bonchev–Trinajstić information content (AvgIpc) is 2.18. The van der Waals surface area contributed by atoms with E-state index in [1.165, 1.54) is 7.11 Å². The molecule has 1 saturated heterocycles. The van der Waals surface area contributed by atoms with Crippen molar-refractivity contribution in [1.29, 1.82) is 0 Å². The molecule has 1 rings (SSSR count). The first-order chi connectivity index (χ1) is 6.17. The summed E-state index contributed by atoms with van der Waals surface area (Å²) in [5, 5.41) is 9.70. The summed E-state index contributed by atoms with van der Waals surface area (Å²) < 4.78 is 9.78. The van der Waals surface area contributed by atoms with E-state index in [1.807, 2.05) is 6.92 Å². The second kappa shape index (κ2) is 4.07. The number of rotatable bonds is 2. The van der Waals surface area contributed by atoms with Crippen LogP contribution >= 0.6 is 0 Å². The van der Waals surface area contributed by atoms with Gasteiger partial charge < -0.3 is 14.6 Å². The van der Waals surface area contributed by atoms with Gasteiger partial charge in [0.05, 0.1) is 25.2 Å². The second-order valence-corrected chi connectivity index (χ2v) is 3.34. The third kappa shape index (κ3) is 1.69. The van der Waals surface area contributed by atoms with Gasteiger partial charge in [-0.25, -0.2) is 0 Å². The van der Waals surface area contributed by atoms with Gasteiger partial charge in [0.2, 0.25) is 0 Å². The van der Waals surface area contributed by atoms with Crippen molar-refractivity contribution >= 4 is 5.97 Å². The predicted octanol–water partition coefficient (Wildman–Crippen LogP) is 0.337. The molecule has 1 aliphatic rings. The van der Waals surface area contributed by atoms with Crippen molar-refractivity contribution in [2.45, 2.75) is 25.9 Å². The molecule has 1 N–H and O–H groups in total. The van der Waals surface area contributed by atoms with Gasteiger partial charge in [0.25, 0.3) is 0 Å². The van der Waals surface area contributed by atoms with Crippen LogP contribution in [0.3, 0.4) is 0 Å². The van der Waals surface area contributed by atoms with Gasteiger partial charge >= 0.3 is 5.97 Å². The number of aliphatic hydroxyl groups is 1. The van der Waals surface area contributed by atoms with Gasteiger partial charge in [-0.2, -0.15) is 0 Å². The number of hydrogen-bond donors (Lipinski definition) is 1. The highest BCUT2D eigenvalue weighted by Crippen LogP contribution is 2.35. The van der Waals surface area contributed by atoms with Crippen molar-refractivity contribution in [2.75, 3.05) is 20.3 Å². The highest BCUT2D eigenvalue weighted by Gasteiger charge is 2.46. The molecule has 76 valence electrons. The third-order valence-corrected chi connectivity index (χ3v) is 2.83. The van der Waals surface area contributed by atoms with Crippen molar-refractivity contribution in [3.63, 3.8) is 0 Å². The molecule has 0 radical (unpaired) electrons. The molecule has 1 fully saturated rings. The Kier molecular flexibility index (Phi) is 3.27. The lowest BCUT2D eigenvalue weighted by Gasteiger charge is -2.37. The van der Waals surface area contributed by atoms with Crippen molar-refractivity contribution in [2.24, 2.45) is 5.41 Å². The average molecular weight is 188 g/mol. The summed E-state index contributed by atoms with van der Waals surface area (Å²) in [7, 11) is 1.35. The molecular weight excluding hydrogens is 172 g/mol. The Morgan fingerprint density at radius 3 is 2.92 bits per heavy atom. The van der Waals surface area contributed by atoms with Crippen LogP contribution in [0.5, 0.6) is 0 Å². The third-order valence-electron chi connectivity index (χ3n) is 2.83. The molecular formula is C9H16O4. The van der Waals surface area contributed by atoms with Crippen molar-refractivity contribution in [3.05, 3.63) is 0 Å². The molecule has 0 aromatic carbocycles. The lowest BCUT2D eigenvalue weighted by atomic mass is 9.76. The van der Waals surface area contributed by atoms with Gasteiger partial charge in [-0.15, -0.1) is 0 Å². The Morgan fingerprint density at radius 2 is 2.46 bits per heavy atom. The molecule has 0 bridgehead atoms. The van der Waals surface area contributed by atoms with E-state index in [9.17, 15) is 9.90 Å². The first kappa shape index (κ1) is 10.5. The number of esters is 1. The van der Waals surface area contributed by atoms with E-state index in [1.54, 1.807) is 0 Å². The summed E-state index contributed by atoms with van der Waals surface area (Å²) in [4.78, 5) is 11.5. The van der Waals surface area contributed by atoms with Gasteiger partial charge in [0, 0.05) is 6.61 Å². The van der Waals surface area contributed by atoms with E-state index in [4.69, 9.17) is 9.47 Å². The number of hydrogen-bond acceptors (Lipinski definition) is 4. The smallest absolute Gasteiger partial charge is 0.314 e. The minimum atomic E-state index is -0.743. The normalized spacial score (nSPS) is 34.2. The van der Waals surface area contributed by atoms with Gasteiger partial charge in [-0.1, -0.05) is 6.92 Å². The molecule has 4 nitrogen and oxygen atoms in total. The second-order valence-electron chi connectivity index (χ2n) is 3.34. The fourth-order valence-corrected chi connectivity index (χ4v) is 1.77. The summed E-state index contributed by atoms with van der Waals surface area (Å²) >= 11 is 0. The lowest BCUT2D eigenvalue weighted by Crippen LogP contribution is -2.49. The van der Waals surface area contributed by atoms with E-state index >= 15 is 0 Å². The zero-order chi connectivity index (χ0) is 9.90. The summed E-state index contributed by atoms with van der Waals surface area (Å²) in [5.74, 6) is -0.328. The van der Waals surface area contributed by atoms with E-state index in [2.05, 4.69) is 0 Å². The summed E-state index contributed by atoms with van der Waals surface area (Å²) in [5.41, 5.74) is -0.743. The Hall–Kier alpha value is -0.610. The van der Waals surface area contributed by atoms with Crippen LogP contribution in [0, 0.1) is 5.41 Å². The topological polar surface area (TPSA) is 55.8 Å². The maximum atomic E-state index is 11.5. The van der Waals surface area contributed by atoms with Crippen LogP contribution in [0.15, 0.2) is 0 Å². The maximum Gasteiger partial charge on any atom is 0.314 e. The van der Waals surface area contributed by atoms with Gasteiger partial charge in [-0.05, 0) is 12.8 Å². The van der Waals surface area contributed by atoms with Crippen LogP contribution in [-0.2, 0) is 14.3 Å². The van der Waals surface area contributed by atoms with Crippen molar-refractivity contribution < 1.29 is 19.4 Å². The van der Waals surface area contributed by atoms with Gasteiger partial charge in [-0.3, -0.25) is 4.79 Å². The van der Waals surface area contributed by atoms with Crippen LogP contribution < -0.4 is 0 Å². The van der Waals surface area contributed by atoms with Crippen LogP contribution in [0.2, 0.25) is 0 Å². The minimum absolute atomic E-state index is 0.225. The van der Waals surface area contributed by atoms with E-state index in [0.717, 1.165) is 0 Å². The molecule has 0 spiro atoms. The molecule has 1 heterocycles. The molecule has 0 aromatic rings. The number of carbonyl (C=O) groups excluding carboxylic acids is 1. The predicted molar refractivity (Wildman–Crippen MR) is 46.2 cm³/mol. The van der Waals surface area contributed by atoms with E-state index in [-0.39, 0.29) is 12.6 Å². The largest absolute Gasteiger partial charge is 0.469 e. The summed E-state index contributed by atoms with van der Waals surface area (Å²) in [6, 6.07) is 0. The Balaban J connectivity index is 2.82. The summed E-state index contributed by atoms with van der Waals surface area (Å²) in [6.45, 7) is 2.62. The van der Waals surface area contributed by atoms with Crippen LogP contribution in [-0.4, -0.2) is 37.5 Å². The molecule has 0 aromatic heterocycles. The molecule has 13 heavy (non-hydrogen) atoms. The molecule has 0 aliphatic carbocycles. The number of ether oxygens (including phenoxy) is 2. The molecule has 0 amide bonds. The highest BCUT2D eigenvalue weighted by molar-refractivity contribution is 5.77. The lowest BCUT2D eigenvalue weighted by molar-refractivity contribution is -0.174. The fraction of sp³-hybridized carbons (Fsp3) is 0.889. The quantitative estimate of drug-likeness (QED) is 0.635.